The molecule has 0 bridgehead atoms. The van der Waals surface area contributed by atoms with E-state index in [0.29, 0.717) is 35.2 Å². The minimum absolute atomic E-state index is 0.109. The number of likely N-dealkylation sites (N-methyl/N-ethyl adjacent to an activating group) is 2. The van der Waals surface area contributed by atoms with Crippen LogP contribution in [0.2, 0.25) is 5.02 Å². The Kier molecular flexibility index (Phi) is 8.92. The standard InChI is InChI=1S/C25H28ClN3O4/c1-28(14-6-16-32-20-12-10-19(26)11-13-20)18-24(30)29(2)23-9-4-3-8-22(23)25(31)27-17-21-7-5-15-33-21/h3-5,7-13,15H,6,14,16-18H2,1-2H3,(H,27,31). The summed E-state index contributed by atoms with van der Waals surface area (Å²) in [6, 6.07) is 17.8. The molecule has 2 amide bonds. The lowest BCUT2D eigenvalue weighted by Gasteiger charge is -2.23. The molecule has 3 aromatic rings. The molecule has 174 valence electrons. The molecule has 0 unspecified atom stereocenters. The molecule has 2 aromatic carbocycles. The zero-order valence-corrected chi connectivity index (χ0v) is 19.5. The predicted molar refractivity (Wildman–Crippen MR) is 129 cm³/mol. The molecule has 0 radical (unpaired) electrons. The van der Waals surface area contributed by atoms with Crippen LogP contribution in [-0.2, 0) is 11.3 Å². The molecule has 0 fully saturated rings. The molecule has 7 nitrogen and oxygen atoms in total. The maximum Gasteiger partial charge on any atom is 0.253 e. The summed E-state index contributed by atoms with van der Waals surface area (Å²) in [6.07, 6.45) is 2.32. The molecule has 0 aliphatic heterocycles. The second kappa shape index (κ2) is 12.1. The van der Waals surface area contributed by atoms with Crippen LogP contribution in [0.3, 0.4) is 0 Å². The highest BCUT2D eigenvalue weighted by Crippen LogP contribution is 2.20. The molecule has 8 heteroatoms. The van der Waals surface area contributed by atoms with Crippen LogP contribution in [-0.4, -0.2) is 50.5 Å². The lowest BCUT2D eigenvalue weighted by molar-refractivity contribution is -0.119. The smallest absolute Gasteiger partial charge is 0.253 e. The van der Waals surface area contributed by atoms with Gasteiger partial charge in [0.05, 0.1) is 37.2 Å². The highest BCUT2D eigenvalue weighted by Gasteiger charge is 2.19. The van der Waals surface area contributed by atoms with Crippen LogP contribution in [0.4, 0.5) is 5.69 Å². The van der Waals surface area contributed by atoms with Crippen LogP contribution in [0, 0.1) is 0 Å². The highest BCUT2D eigenvalue weighted by molar-refractivity contribution is 6.30. The third-order valence-electron chi connectivity index (χ3n) is 5.06. The summed E-state index contributed by atoms with van der Waals surface area (Å²) in [5, 5.41) is 3.49. The average Bonchev–Trinajstić information content (AvgIpc) is 3.34. The molecule has 0 aliphatic rings. The number of furan rings is 1. The molecule has 1 N–H and O–H groups in total. The van der Waals surface area contributed by atoms with E-state index in [4.69, 9.17) is 20.8 Å². The van der Waals surface area contributed by atoms with E-state index in [9.17, 15) is 9.59 Å². The number of hydrogen-bond donors (Lipinski definition) is 1. The first-order valence-electron chi connectivity index (χ1n) is 10.7. The number of carbonyl (C=O) groups excluding carboxylic acids is 2. The minimum Gasteiger partial charge on any atom is -0.494 e. The lowest BCUT2D eigenvalue weighted by atomic mass is 10.1. The average molecular weight is 470 g/mol. The maximum absolute atomic E-state index is 12.9. The van der Waals surface area contributed by atoms with Gasteiger partial charge in [-0.3, -0.25) is 14.5 Å². The van der Waals surface area contributed by atoms with Gasteiger partial charge in [-0.1, -0.05) is 23.7 Å². The number of amides is 2. The molecule has 0 atom stereocenters. The second-order valence-electron chi connectivity index (χ2n) is 7.63. The third-order valence-corrected chi connectivity index (χ3v) is 5.31. The number of rotatable bonds is 11. The predicted octanol–water partition coefficient (Wildman–Crippen LogP) is 4.23. The molecular formula is C25H28ClN3O4. The van der Waals surface area contributed by atoms with Gasteiger partial charge in [0.2, 0.25) is 5.91 Å². The Morgan fingerprint density at radius 3 is 2.52 bits per heavy atom. The summed E-state index contributed by atoms with van der Waals surface area (Å²) in [5.41, 5.74) is 0.984. The normalized spacial score (nSPS) is 10.8. The third kappa shape index (κ3) is 7.37. The van der Waals surface area contributed by atoms with Crippen molar-refractivity contribution in [2.45, 2.75) is 13.0 Å². The van der Waals surface area contributed by atoms with Crippen molar-refractivity contribution >= 4 is 29.1 Å². The van der Waals surface area contributed by atoms with E-state index in [1.165, 1.54) is 4.90 Å². The van der Waals surface area contributed by atoms with Crippen molar-refractivity contribution in [3.05, 3.63) is 83.3 Å². The largest absolute Gasteiger partial charge is 0.494 e. The van der Waals surface area contributed by atoms with Crippen LogP contribution < -0.4 is 15.0 Å². The molecule has 0 spiro atoms. The van der Waals surface area contributed by atoms with Crippen molar-refractivity contribution in [1.82, 2.24) is 10.2 Å². The summed E-state index contributed by atoms with van der Waals surface area (Å²) in [4.78, 5) is 29.0. The summed E-state index contributed by atoms with van der Waals surface area (Å²) in [5.74, 6) is 1.04. The van der Waals surface area contributed by atoms with E-state index >= 15 is 0 Å². The van der Waals surface area contributed by atoms with Gasteiger partial charge < -0.3 is 19.4 Å². The van der Waals surface area contributed by atoms with Gasteiger partial charge in [-0.2, -0.15) is 0 Å². The van der Waals surface area contributed by atoms with E-state index in [0.717, 1.165) is 12.2 Å². The number of nitrogens with one attached hydrogen (secondary N) is 1. The fourth-order valence-corrected chi connectivity index (χ4v) is 3.37. The van der Waals surface area contributed by atoms with Gasteiger partial charge in [0, 0.05) is 18.6 Å². The molecule has 3 rings (SSSR count). The van der Waals surface area contributed by atoms with Crippen LogP contribution in [0.5, 0.6) is 5.75 Å². The first-order valence-corrected chi connectivity index (χ1v) is 11.0. The van der Waals surface area contributed by atoms with Crippen LogP contribution >= 0.6 is 11.6 Å². The van der Waals surface area contributed by atoms with E-state index in [-0.39, 0.29) is 24.9 Å². The highest BCUT2D eigenvalue weighted by atomic mass is 35.5. The molecule has 1 aromatic heterocycles. The van der Waals surface area contributed by atoms with E-state index < -0.39 is 0 Å². The molecule has 0 saturated heterocycles. The quantitative estimate of drug-likeness (QED) is 0.425. The van der Waals surface area contributed by atoms with Crippen molar-refractivity contribution in [2.75, 3.05) is 38.7 Å². The SMILES string of the molecule is CN(CCCOc1ccc(Cl)cc1)CC(=O)N(C)c1ccccc1C(=O)NCc1ccco1. The van der Waals surface area contributed by atoms with Crippen molar-refractivity contribution in [3.8, 4) is 5.75 Å². The molecule has 1 heterocycles. The number of carbonyl (C=O) groups is 2. The lowest BCUT2D eigenvalue weighted by Crippen LogP contribution is -2.38. The number of nitrogens with zero attached hydrogens (tertiary/aromatic N) is 2. The Morgan fingerprint density at radius 1 is 1.03 bits per heavy atom. The van der Waals surface area contributed by atoms with Gasteiger partial charge in [-0.15, -0.1) is 0 Å². The van der Waals surface area contributed by atoms with Gasteiger partial charge in [-0.25, -0.2) is 0 Å². The van der Waals surface area contributed by atoms with E-state index in [1.807, 2.05) is 24.1 Å². The van der Waals surface area contributed by atoms with E-state index in [2.05, 4.69) is 5.32 Å². The summed E-state index contributed by atoms with van der Waals surface area (Å²) >= 11 is 5.87. The Labute approximate surface area is 198 Å². The molecular weight excluding hydrogens is 442 g/mol. The number of ether oxygens (including phenoxy) is 1. The van der Waals surface area contributed by atoms with Crippen LogP contribution in [0.15, 0.2) is 71.3 Å². The van der Waals surface area contributed by atoms with Gasteiger partial charge in [0.1, 0.15) is 11.5 Å². The summed E-state index contributed by atoms with van der Waals surface area (Å²) in [6.45, 7) is 1.73. The number of para-hydroxylation sites is 1. The topological polar surface area (TPSA) is 75.0 Å². The second-order valence-corrected chi connectivity index (χ2v) is 8.06. The summed E-state index contributed by atoms with van der Waals surface area (Å²) in [7, 11) is 3.56. The fraction of sp³-hybridized carbons (Fsp3) is 0.280. The zero-order valence-electron chi connectivity index (χ0n) is 18.8. The van der Waals surface area contributed by atoms with Gasteiger partial charge in [-0.05, 0) is 62.0 Å². The van der Waals surface area contributed by atoms with Gasteiger partial charge in [0.25, 0.3) is 5.91 Å². The molecule has 33 heavy (non-hydrogen) atoms. The zero-order chi connectivity index (χ0) is 23.6. The monoisotopic (exact) mass is 469 g/mol. The number of hydrogen-bond acceptors (Lipinski definition) is 5. The van der Waals surface area contributed by atoms with Crippen LogP contribution in [0.1, 0.15) is 22.5 Å². The maximum atomic E-state index is 12.9. The number of benzene rings is 2. The first-order chi connectivity index (χ1) is 15.9. The Bertz CT molecular complexity index is 1040. The van der Waals surface area contributed by atoms with Crippen molar-refractivity contribution in [3.63, 3.8) is 0 Å². The minimum atomic E-state index is -0.269. The Hall–Kier alpha value is -3.29. The van der Waals surface area contributed by atoms with Crippen LogP contribution in [0.25, 0.3) is 0 Å². The van der Waals surface area contributed by atoms with Crippen molar-refractivity contribution in [2.24, 2.45) is 0 Å². The van der Waals surface area contributed by atoms with Gasteiger partial charge in [0.15, 0.2) is 0 Å². The number of halogens is 1. The fourth-order valence-electron chi connectivity index (χ4n) is 3.24. The first kappa shape index (κ1) is 24.4. The Balaban J connectivity index is 1.48. The number of anilines is 1. The van der Waals surface area contributed by atoms with Crippen molar-refractivity contribution < 1.29 is 18.7 Å². The molecule has 0 aliphatic carbocycles. The van der Waals surface area contributed by atoms with Crippen molar-refractivity contribution in [1.29, 1.82) is 0 Å². The Morgan fingerprint density at radius 2 is 1.79 bits per heavy atom. The van der Waals surface area contributed by atoms with E-state index in [1.54, 1.807) is 61.8 Å². The summed E-state index contributed by atoms with van der Waals surface area (Å²) < 4.78 is 10.9. The van der Waals surface area contributed by atoms with Gasteiger partial charge >= 0.3 is 0 Å². The molecule has 0 saturated carbocycles.